The molecule has 5 heteroatoms. The lowest BCUT2D eigenvalue weighted by molar-refractivity contribution is 0.561. The summed E-state index contributed by atoms with van der Waals surface area (Å²) in [5, 5.41) is 0. The summed E-state index contributed by atoms with van der Waals surface area (Å²) in [5.41, 5.74) is 7.01. The SMILES string of the molecule is NC(Cc1ccc(F)cc1F)c1ncccc1Br. The molecular weight excluding hydrogens is 302 g/mol. The van der Waals surface area contributed by atoms with Gasteiger partial charge in [-0.05, 0) is 46.1 Å². The van der Waals surface area contributed by atoms with E-state index in [-0.39, 0.29) is 6.42 Å². The summed E-state index contributed by atoms with van der Waals surface area (Å²) < 4.78 is 27.1. The van der Waals surface area contributed by atoms with Gasteiger partial charge in [-0.2, -0.15) is 0 Å². The fraction of sp³-hybridized carbons (Fsp3) is 0.154. The smallest absolute Gasteiger partial charge is 0.129 e. The molecule has 0 aliphatic heterocycles. The highest BCUT2D eigenvalue weighted by atomic mass is 79.9. The lowest BCUT2D eigenvalue weighted by atomic mass is 10.0. The molecule has 0 amide bonds. The van der Waals surface area contributed by atoms with Gasteiger partial charge in [0.1, 0.15) is 11.6 Å². The van der Waals surface area contributed by atoms with E-state index in [1.54, 1.807) is 12.3 Å². The molecule has 2 N–H and O–H groups in total. The van der Waals surface area contributed by atoms with E-state index >= 15 is 0 Å². The predicted molar refractivity (Wildman–Crippen MR) is 68.9 cm³/mol. The Kier molecular flexibility index (Phi) is 4.04. The molecule has 2 rings (SSSR count). The number of halogens is 3. The van der Waals surface area contributed by atoms with Crippen LogP contribution in [0, 0.1) is 11.6 Å². The third-order valence-electron chi connectivity index (χ3n) is 2.59. The highest BCUT2D eigenvalue weighted by Crippen LogP contribution is 2.23. The Morgan fingerprint density at radius 1 is 1.28 bits per heavy atom. The lowest BCUT2D eigenvalue weighted by Crippen LogP contribution is -2.16. The van der Waals surface area contributed by atoms with Gasteiger partial charge in [0.05, 0.1) is 11.7 Å². The molecule has 0 aliphatic carbocycles. The van der Waals surface area contributed by atoms with Crippen LogP contribution in [0.1, 0.15) is 17.3 Å². The molecule has 2 aromatic rings. The summed E-state index contributed by atoms with van der Waals surface area (Å²) in [4.78, 5) is 4.15. The molecule has 1 atom stereocenters. The van der Waals surface area contributed by atoms with Crippen LogP contribution in [0.5, 0.6) is 0 Å². The van der Waals surface area contributed by atoms with Crippen LogP contribution in [0.4, 0.5) is 8.78 Å². The summed E-state index contributed by atoms with van der Waals surface area (Å²) in [6, 6.07) is 6.64. The molecule has 0 saturated heterocycles. The third kappa shape index (κ3) is 2.91. The van der Waals surface area contributed by atoms with Crippen molar-refractivity contribution in [2.45, 2.75) is 12.5 Å². The molecule has 0 radical (unpaired) electrons. The molecule has 1 aromatic carbocycles. The maximum absolute atomic E-state index is 13.5. The first kappa shape index (κ1) is 13.1. The van der Waals surface area contributed by atoms with Gasteiger partial charge in [0, 0.05) is 16.7 Å². The predicted octanol–water partition coefficient (Wildman–Crippen LogP) is 3.36. The lowest BCUT2D eigenvalue weighted by Gasteiger charge is -2.13. The van der Waals surface area contributed by atoms with Gasteiger partial charge < -0.3 is 5.73 Å². The Balaban J connectivity index is 2.21. The van der Waals surface area contributed by atoms with Crippen molar-refractivity contribution in [3.05, 3.63) is 63.9 Å². The van der Waals surface area contributed by atoms with Crippen LogP contribution in [0.2, 0.25) is 0 Å². The third-order valence-corrected chi connectivity index (χ3v) is 3.26. The van der Waals surface area contributed by atoms with Crippen molar-refractivity contribution >= 4 is 15.9 Å². The number of nitrogens with two attached hydrogens (primary N) is 1. The summed E-state index contributed by atoms with van der Waals surface area (Å²) in [7, 11) is 0. The number of aromatic nitrogens is 1. The van der Waals surface area contributed by atoms with E-state index < -0.39 is 17.7 Å². The Morgan fingerprint density at radius 3 is 2.72 bits per heavy atom. The quantitative estimate of drug-likeness (QED) is 0.943. The van der Waals surface area contributed by atoms with Crippen LogP contribution in [-0.4, -0.2) is 4.98 Å². The molecule has 1 aromatic heterocycles. The van der Waals surface area contributed by atoms with Crippen molar-refractivity contribution in [2.75, 3.05) is 0 Å². The number of nitrogens with zero attached hydrogens (tertiary/aromatic N) is 1. The minimum atomic E-state index is -0.594. The largest absolute Gasteiger partial charge is 0.322 e. The first-order valence-electron chi connectivity index (χ1n) is 5.38. The Hall–Kier alpha value is -1.33. The second-order valence-electron chi connectivity index (χ2n) is 3.92. The minimum absolute atomic E-state index is 0.266. The topological polar surface area (TPSA) is 38.9 Å². The summed E-state index contributed by atoms with van der Waals surface area (Å²) >= 11 is 3.34. The molecule has 1 unspecified atom stereocenters. The summed E-state index contributed by atoms with van der Waals surface area (Å²) in [6.07, 6.45) is 1.89. The van der Waals surface area contributed by atoms with Crippen molar-refractivity contribution in [3.63, 3.8) is 0 Å². The van der Waals surface area contributed by atoms with Gasteiger partial charge in [-0.3, -0.25) is 4.98 Å². The maximum Gasteiger partial charge on any atom is 0.129 e. The average Bonchev–Trinajstić information content (AvgIpc) is 2.33. The van der Waals surface area contributed by atoms with Crippen LogP contribution in [0.15, 0.2) is 41.0 Å². The van der Waals surface area contributed by atoms with Gasteiger partial charge in [-0.25, -0.2) is 8.78 Å². The zero-order valence-electron chi connectivity index (χ0n) is 9.41. The molecular formula is C13H11BrF2N2. The van der Waals surface area contributed by atoms with Crippen LogP contribution >= 0.6 is 15.9 Å². The molecule has 18 heavy (non-hydrogen) atoms. The second-order valence-corrected chi connectivity index (χ2v) is 4.77. The van der Waals surface area contributed by atoms with Crippen molar-refractivity contribution in [2.24, 2.45) is 5.73 Å². The van der Waals surface area contributed by atoms with E-state index in [4.69, 9.17) is 5.73 Å². The van der Waals surface area contributed by atoms with Crippen LogP contribution < -0.4 is 5.73 Å². The molecule has 94 valence electrons. The molecule has 0 saturated carbocycles. The van der Waals surface area contributed by atoms with Gasteiger partial charge in [-0.15, -0.1) is 0 Å². The molecule has 0 bridgehead atoms. The van der Waals surface area contributed by atoms with E-state index in [2.05, 4.69) is 20.9 Å². The molecule has 0 spiro atoms. The number of pyridine rings is 1. The van der Waals surface area contributed by atoms with E-state index in [1.165, 1.54) is 12.1 Å². The number of benzene rings is 1. The Labute approximate surface area is 112 Å². The molecule has 0 fully saturated rings. The van der Waals surface area contributed by atoms with Gasteiger partial charge >= 0.3 is 0 Å². The zero-order valence-corrected chi connectivity index (χ0v) is 11.0. The number of hydrogen-bond donors (Lipinski definition) is 1. The van der Waals surface area contributed by atoms with Crippen LogP contribution in [0.3, 0.4) is 0 Å². The normalized spacial score (nSPS) is 12.4. The number of hydrogen-bond acceptors (Lipinski definition) is 2. The van der Waals surface area contributed by atoms with Crippen LogP contribution in [-0.2, 0) is 6.42 Å². The minimum Gasteiger partial charge on any atom is -0.322 e. The maximum atomic E-state index is 13.5. The first-order valence-corrected chi connectivity index (χ1v) is 6.17. The fourth-order valence-corrected chi connectivity index (χ4v) is 2.24. The van der Waals surface area contributed by atoms with Crippen molar-refractivity contribution in [1.82, 2.24) is 4.98 Å². The summed E-state index contributed by atoms with van der Waals surface area (Å²) in [5.74, 6) is -1.18. The van der Waals surface area contributed by atoms with Crippen molar-refractivity contribution in [1.29, 1.82) is 0 Å². The second kappa shape index (κ2) is 5.54. The van der Waals surface area contributed by atoms with Gasteiger partial charge in [-0.1, -0.05) is 6.07 Å². The first-order chi connectivity index (χ1) is 8.58. The van der Waals surface area contributed by atoms with E-state index in [0.717, 1.165) is 10.5 Å². The molecule has 1 heterocycles. The van der Waals surface area contributed by atoms with Gasteiger partial charge in [0.2, 0.25) is 0 Å². The molecule has 2 nitrogen and oxygen atoms in total. The molecule has 0 aliphatic rings. The fourth-order valence-electron chi connectivity index (χ4n) is 1.69. The van der Waals surface area contributed by atoms with Gasteiger partial charge in [0.25, 0.3) is 0 Å². The Bertz CT molecular complexity index is 560. The zero-order chi connectivity index (χ0) is 13.1. The monoisotopic (exact) mass is 312 g/mol. The highest BCUT2D eigenvalue weighted by molar-refractivity contribution is 9.10. The van der Waals surface area contributed by atoms with E-state index in [1.807, 2.05) is 6.07 Å². The van der Waals surface area contributed by atoms with Gasteiger partial charge in [0.15, 0.2) is 0 Å². The number of rotatable bonds is 3. The van der Waals surface area contributed by atoms with Crippen LogP contribution in [0.25, 0.3) is 0 Å². The summed E-state index contributed by atoms with van der Waals surface area (Å²) in [6.45, 7) is 0. The van der Waals surface area contributed by atoms with Crippen molar-refractivity contribution < 1.29 is 8.78 Å². The van der Waals surface area contributed by atoms with Crippen molar-refractivity contribution in [3.8, 4) is 0 Å². The highest BCUT2D eigenvalue weighted by Gasteiger charge is 2.14. The Morgan fingerprint density at radius 2 is 2.06 bits per heavy atom. The average molecular weight is 313 g/mol. The standard InChI is InChI=1S/C13H11BrF2N2/c14-10-2-1-5-18-13(10)12(17)6-8-3-4-9(15)7-11(8)16/h1-5,7,12H,6,17H2. The van der Waals surface area contributed by atoms with E-state index in [9.17, 15) is 8.78 Å². The van der Waals surface area contributed by atoms with E-state index in [0.29, 0.717) is 11.3 Å².